The quantitative estimate of drug-likeness (QED) is 0.804. The van der Waals surface area contributed by atoms with Crippen LogP contribution in [0, 0.1) is 0 Å². The van der Waals surface area contributed by atoms with Gasteiger partial charge in [0.05, 0.1) is 5.56 Å². The normalized spacial score (nSPS) is 11.3. The fourth-order valence-electron chi connectivity index (χ4n) is 1.09. The van der Waals surface area contributed by atoms with Crippen LogP contribution in [0.5, 0.6) is 0 Å². The zero-order valence-electron chi connectivity index (χ0n) is 9.19. The Labute approximate surface area is 89.4 Å². The van der Waals surface area contributed by atoms with E-state index in [1.54, 1.807) is 12.3 Å². The standard InChI is InChI=1S/C11H15N3O/c1-8(14(2)3)6-9-4-5-13-7-10(9)11(12)15/h4-7H,1-3H3,(H2,12,15)/b8-6+. The summed E-state index contributed by atoms with van der Waals surface area (Å²) in [6, 6.07) is 1.77. The maximum absolute atomic E-state index is 11.1. The van der Waals surface area contributed by atoms with Gasteiger partial charge < -0.3 is 10.6 Å². The first-order valence-electron chi connectivity index (χ1n) is 4.62. The molecule has 2 N–H and O–H groups in total. The van der Waals surface area contributed by atoms with E-state index in [0.717, 1.165) is 11.3 Å². The highest BCUT2D eigenvalue weighted by molar-refractivity contribution is 5.96. The molecule has 0 unspecified atom stereocenters. The fourth-order valence-corrected chi connectivity index (χ4v) is 1.09. The number of hydrogen-bond donors (Lipinski definition) is 1. The Morgan fingerprint density at radius 2 is 2.20 bits per heavy atom. The molecule has 0 radical (unpaired) electrons. The van der Waals surface area contributed by atoms with Crippen LogP contribution in [0.1, 0.15) is 22.8 Å². The van der Waals surface area contributed by atoms with Gasteiger partial charge >= 0.3 is 0 Å². The van der Waals surface area contributed by atoms with Crippen molar-refractivity contribution in [3.8, 4) is 0 Å². The highest BCUT2D eigenvalue weighted by Gasteiger charge is 2.06. The van der Waals surface area contributed by atoms with Crippen LogP contribution in [-0.2, 0) is 0 Å². The average molecular weight is 205 g/mol. The Morgan fingerprint density at radius 1 is 1.53 bits per heavy atom. The number of nitrogens with zero attached hydrogens (tertiary/aromatic N) is 2. The highest BCUT2D eigenvalue weighted by Crippen LogP contribution is 2.12. The number of aromatic nitrogens is 1. The van der Waals surface area contributed by atoms with E-state index < -0.39 is 5.91 Å². The number of pyridine rings is 1. The highest BCUT2D eigenvalue weighted by atomic mass is 16.1. The van der Waals surface area contributed by atoms with Crippen molar-refractivity contribution in [3.63, 3.8) is 0 Å². The summed E-state index contributed by atoms with van der Waals surface area (Å²) in [7, 11) is 3.88. The molecule has 0 fully saturated rings. The minimum atomic E-state index is -0.457. The number of allylic oxidation sites excluding steroid dienone is 1. The first-order chi connectivity index (χ1) is 7.02. The van der Waals surface area contributed by atoms with Crippen LogP contribution in [-0.4, -0.2) is 29.9 Å². The van der Waals surface area contributed by atoms with Crippen LogP contribution in [0.25, 0.3) is 6.08 Å². The third-order valence-electron chi connectivity index (χ3n) is 2.19. The van der Waals surface area contributed by atoms with E-state index in [9.17, 15) is 4.79 Å². The van der Waals surface area contributed by atoms with E-state index in [-0.39, 0.29) is 0 Å². The molecule has 80 valence electrons. The van der Waals surface area contributed by atoms with Crippen molar-refractivity contribution in [2.24, 2.45) is 5.73 Å². The largest absolute Gasteiger partial charge is 0.381 e. The molecule has 1 rings (SSSR count). The Hall–Kier alpha value is -1.84. The van der Waals surface area contributed by atoms with Crippen molar-refractivity contribution in [1.82, 2.24) is 9.88 Å². The van der Waals surface area contributed by atoms with Gasteiger partial charge in [0.15, 0.2) is 0 Å². The van der Waals surface area contributed by atoms with E-state index in [2.05, 4.69) is 4.98 Å². The number of rotatable bonds is 3. The molecule has 0 saturated heterocycles. The molecular formula is C11H15N3O. The first kappa shape index (κ1) is 11.2. The van der Waals surface area contributed by atoms with Gasteiger partial charge in [0, 0.05) is 32.2 Å². The maximum Gasteiger partial charge on any atom is 0.250 e. The summed E-state index contributed by atoms with van der Waals surface area (Å²) >= 11 is 0. The maximum atomic E-state index is 11.1. The van der Waals surface area contributed by atoms with Crippen LogP contribution in [0.4, 0.5) is 0 Å². The molecular weight excluding hydrogens is 190 g/mol. The van der Waals surface area contributed by atoms with Crippen molar-refractivity contribution in [3.05, 3.63) is 35.3 Å². The second-order valence-corrected chi connectivity index (χ2v) is 3.51. The molecule has 0 bridgehead atoms. The summed E-state index contributed by atoms with van der Waals surface area (Å²) < 4.78 is 0. The Kier molecular flexibility index (Phi) is 3.44. The number of carbonyl (C=O) groups excluding carboxylic acids is 1. The van der Waals surface area contributed by atoms with E-state index in [4.69, 9.17) is 5.73 Å². The van der Waals surface area contributed by atoms with Gasteiger partial charge in [-0.05, 0) is 24.6 Å². The van der Waals surface area contributed by atoms with Gasteiger partial charge in [-0.1, -0.05) is 0 Å². The summed E-state index contributed by atoms with van der Waals surface area (Å²) in [6.07, 6.45) is 5.03. The predicted octanol–water partition coefficient (Wildman–Crippen LogP) is 1.10. The van der Waals surface area contributed by atoms with E-state index >= 15 is 0 Å². The lowest BCUT2D eigenvalue weighted by Gasteiger charge is -2.13. The summed E-state index contributed by atoms with van der Waals surface area (Å²) in [5.74, 6) is -0.457. The Bertz CT molecular complexity index is 397. The lowest BCUT2D eigenvalue weighted by molar-refractivity contribution is 0.1000. The van der Waals surface area contributed by atoms with Crippen molar-refractivity contribution < 1.29 is 4.79 Å². The van der Waals surface area contributed by atoms with Gasteiger partial charge in [0.25, 0.3) is 5.91 Å². The zero-order chi connectivity index (χ0) is 11.4. The van der Waals surface area contributed by atoms with Crippen molar-refractivity contribution in [1.29, 1.82) is 0 Å². The molecule has 0 spiro atoms. The van der Waals surface area contributed by atoms with Crippen LogP contribution < -0.4 is 5.73 Å². The predicted molar refractivity (Wildman–Crippen MR) is 60.1 cm³/mol. The SMILES string of the molecule is C/C(=C\c1ccncc1C(N)=O)N(C)C. The van der Waals surface area contributed by atoms with E-state index in [1.165, 1.54) is 6.20 Å². The molecule has 1 aromatic rings. The summed E-state index contributed by atoms with van der Waals surface area (Å²) in [6.45, 7) is 1.96. The number of hydrogen-bond acceptors (Lipinski definition) is 3. The topological polar surface area (TPSA) is 59.2 Å². The second-order valence-electron chi connectivity index (χ2n) is 3.51. The third-order valence-corrected chi connectivity index (χ3v) is 2.19. The van der Waals surface area contributed by atoms with E-state index in [0.29, 0.717) is 5.56 Å². The molecule has 0 aliphatic heterocycles. The minimum absolute atomic E-state index is 0.443. The minimum Gasteiger partial charge on any atom is -0.381 e. The molecule has 15 heavy (non-hydrogen) atoms. The first-order valence-corrected chi connectivity index (χ1v) is 4.62. The molecule has 0 saturated carbocycles. The van der Waals surface area contributed by atoms with Crippen LogP contribution in [0.2, 0.25) is 0 Å². The van der Waals surface area contributed by atoms with Crippen LogP contribution in [0.3, 0.4) is 0 Å². The summed E-state index contributed by atoms with van der Waals surface area (Å²) in [5.41, 5.74) is 7.53. The molecule has 0 aliphatic rings. The summed E-state index contributed by atoms with van der Waals surface area (Å²) in [4.78, 5) is 17.0. The molecule has 0 aliphatic carbocycles. The van der Waals surface area contributed by atoms with Crippen LogP contribution >= 0.6 is 0 Å². The summed E-state index contributed by atoms with van der Waals surface area (Å²) in [5, 5.41) is 0. The van der Waals surface area contributed by atoms with Crippen molar-refractivity contribution in [2.45, 2.75) is 6.92 Å². The molecule has 1 heterocycles. The second kappa shape index (κ2) is 4.59. The van der Waals surface area contributed by atoms with Gasteiger partial charge in [0.2, 0.25) is 0 Å². The van der Waals surface area contributed by atoms with Crippen molar-refractivity contribution in [2.75, 3.05) is 14.1 Å². The average Bonchev–Trinajstić information content (AvgIpc) is 2.18. The number of carbonyl (C=O) groups is 1. The van der Waals surface area contributed by atoms with Gasteiger partial charge in [0.1, 0.15) is 0 Å². The molecule has 4 nitrogen and oxygen atoms in total. The smallest absolute Gasteiger partial charge is 0.250 e. The third kappa shape index (κ3) is 2.80. The molecule has 4 heteroatoms. The lowest BCUT2D eigenvalue weighted by atomic mass is 10.1. The van der Waals surface area contributed by atoms with Gasteiger partial charge in [-0.25, -0.2) is 0 Å². The van der Waals surface area contributed by atoms with Crippen molar-refractivity contribution >= 4 is 12.0 Å². The molecule has 1 amide bonds. The van der Waals surface area contributed by atoms with Gasteiger partial charge in [-0.2, -0.15) is 0 Å². The van der Waals surface area contributed by atoms with Gasteiger partial charge in [-0.3, -0.25) is 9.78 Å². The van der Waals surface area contributed by atoms with Gasteiger partial charge in [-0.15, -0.1) is 0 Å². The Balaban J connectivity index is 3.15. The number of nitrogens with two attached hydrogens (primary N) is 1. The van der Waals surface area contributed by atoms with E-state index in [1.807, 2.05) is 32.0 Å². The van der Waals surface area contributed by atoms with Crippen LogP contribution in [0.15, 0.2) is 24.2 Å². The molecule has 0 aromatic carbocycles. The number of amides is 1. The zero-order valence-corrected chi connectivity index (χ0v) is 9.19. The number of primary amides is 1. The lowest BCUT2D eigenvalue weighted by Crippen LogP contribution is -2.14. The molecule has 1 aromatic heterocycles. The fraction of sp³-hybridized carbons (Fsp3) is 0.273. The monoisotopic (exact) mass is 205 g/mol. The Morgan fingerprint density at radius 3 is 2.73 bits per heavy atom. The molecule has 0 atom stereocenters.